The van der Waals surface area contributed by atoms with Crippen molar-refractivity contribution in [1.29, 1.82) is 0 Å². The minimum Gasteiger partial charge on any atom is -0.350 e. The Hall–Kier alpha value is -2.70. The van der Waals surface area contributed by atoms with E-state index in [0.29, 0.717) is 11.4 Å². The molecule has 3 aromatic rings. The standard InChI is InChI=1S/C12H12N6O/c1-18-7-9(8-4-2-3-5-10(8)18)12(19)13-6-11-14-16-17-15-11/h2-5,7H,6H2,1H3,(H,13,19)(H,14,15,16,17). The summed E-state index contributed by atoms with van der Waals surface area (Å²) in [5, 5.41) is 17.0. The van der Waals surface area contributed by atoms with E-state index in [0.717, 1.165) is 10.9 Å². The van der Waals surface area contributed by atoms with Gasteiger partial charge in [-0.25, -0.2) is 0 Å². The van der Waals surface area contributed by atoms with E-state index in [1.54, 1.807) is 0 Å². The van der Waals surface area contributed by atoms with Gasteiger partial charge < -0.3 is 9.88 Å². The van der Waals surface area contributed by atoms with E-state index in [-0.39, 0.29) is 12.5 Å². The van der Waals surface area contributed by atoms with Gasteiger partial charge in [0.25, 0.3) is 5.91 Å². The van der Waals surface area contributed by atoms with Gasteiger partial charge in [0.05, 0.1) is 12.1 Å². The maximum absolute atomic E-state index is 12.2. The highest BCUT2D eigenvalue weighted by molar-refractivity contribution is 6.06. The number of benzene rings is 1. The van der Waals surface area contributed by atoms with Crippen LogP contribution >= 0.6 is 0 Å². The number of fused-ring (bicyclic) bond motifs is 1. The van der Waals surface area contributed by atoms with Crippen LogP contribution in [-0.2, 0) is 13.6 Å². The van der Waals surface area contributed by atoms with E-state index >= 15 is 0 Å². The minimum absolute atomic E-state index is 0.151. The van der Waals surface area contributed by atoms with Crippen molar-refractivity contribution in [2.24, 2.45) is 7.05 Å². The molecule has 0 unspecified atom stereocenters. The normalized spacial score (nSPS) is 10.8. The summed E-state index contributed by atoms with van der Waals surface area (Å²) in [6.45, 7) is 0.249. The maximum atomic E-state index is 12.2. The second-order valence-electron chi connectivity index (χ2n) is 4.18. The number of aromatic nitrogens is 5. The van der Waals surface area contributed by atoms with Crippen LogP contribution in [0.4, 0.5) is 0 Å². The third-order valence-electron chi connectivity index (χ3n) is 2.94. The number of hydrogen-bond acceptors (Lipinski definition) is 4. The van der Waals surface area contributed by atoms with Gasteiger partial charge in [-0.05, 0) is 6.07 Å². The summed E-state index contributed by atoms with van der Waals surface area (Å²) in [6.07, 6.45) is 1.82. The summed E-state index contributed by atoms with van der Waals surface area (Å²) in [5.74, 6) is 0.301. The van der Waals surface area contributed by atoms with Crippen LogP contribution < -0.4 is 5.32 Å². The Labute approximate surface area is 108 Å². The topological polar surface area (TPSA) is 88.5 Å². The Balaban J connectivity index is 1.85. The summed E-state index contributed by atoms with van der Waals surface area (Å²) < 4.78 is 1.93. The van der Waals surface area contributed by atoms with E-state index in [1.807, 2.05) is 42.1 Å². The highest BCUT2D eigenvalue weighted by atomic mass is 16.1. The fraction of sp³-hybridized carbons (Fsp3) is 0.167. The highest BCUT2D eigenvalue weighted by Gasteiger charge is 2.13. The first-order valence-electron chi connectivity index (χ1n) is 5.80. The fourth-order valence-electron chi connectivity index (χ4n) is 2.03. The number of hydrogen-bond donors (Lipinski definition) is 2. The lowest BCUT2D eigenvalue weighted by Crippen LogP contribution is -2.23. The lowest BCUT2D eigenvalue weighted by Gasteiger charge is -2.00. The molecule has 0 fully saturated rings. The lowest BCUT2D eigenvalue weighted by molar-refractivity contribution is 0.0951. The van der Waals surface area contributed by atoms with Crippen LogP contribution in [0.15, 0.2) is 30.5 Å². The van der Waals surface area contributed by atoms with Gasteiger partial charge in [0.15, 0.2) is 5.82 Å². The molecule has 0 aliphatic heterocycles. The number of carbonyl (C=O) groups excluding carboxylic acids is 1. The number of aryl methyl sites for hydroxylation is 1. The molecular formula is C12H12N6O. The van der Waals surface area contributed by atoms with E-state index in [9.17, 15) is 4.79 Å². The molecule has 2 N–H and O–H groups in total. The third-order valence-corrected chi connectivity index (χ3v) is 2.94. The minimum atomic E-state index is -0.151. The number of para-hydroxylation sites is 1. The molecule has 0 radical (unpaired) electrons. The predicted octanol–water partition coefficient (Wildman–Crippen LogP) is 0.621. The van der Waals surface area contributed by atoms with Crippen LogP contribution in [0.25, 0.3) is 10.9 Å². The molecule has 0 spiro atoms. The Morgan fingerprint density at radius 1 is 1.42 bits per heavy atom. The molecule has 0 aliphatic rings. The van der Waals surface area contributed by atoms with Gasteiger partial charge in [0.1, 0.15) is 0 Å². The molecule has 1 amide bonds. The van der Waals surface area contributed by atoms with Gasteiger partial charge >= 0.3 is 0 Å². The zero-order valence-electron chi connectivity index (χ0n) is 10.3. The number of aromatic amines is 1. The Kier molecular flexibility index (Phi) is 2.71. The van der Waals surface area contributed by atoms with Crippen LogP contribution in [0, 0.1) is 0 Å². The average molecular weight is 256 g/mol. The summed E-state index contributed by atoms with van der Waals surface area (Å²) in [7, 11) is 1.91. The molecule has 7 heteroatoms. The van der Waals surface area contributed by atoms with Gasteiger partial charge in [-0.1, -0.05) is 23.4 Å². The molecule has 2 heterocycles. The largest absolute Gasteiger partial charge is 0.350 e. The first-order chi connectivity index (χ1) is 9.25. The summed E-state index contributed by atoms with van der Waals surface area (Å²) in [4.78, 5) is 12.2. The van der Waals surface area contributed by atoms with Crippen molar-refractivity contribution in [2.75, 3.05) is 0 Å². The van der Waals surface area contributed by atoms with Gasteiger partial charge in [-0.2, -0.15) is 5.21 Å². The van der Waals surface area contributed by atoms with Gasteiger partial charge in [-0.15, -0.1) is 10.2 Å². The Morgan fingerprint density at radius 3 is 3.05 bits per heavy atom. The van der Waals surface area contributed by atoms with E-state index in [1.165, 1.54) is 0 Å². The zero-order chi connectivity index (χ0) is 13.2. The first-order valence-corrected chi connectivity index (χ1v) is 5.80. The number of tetrazole rings is 1. The van der Waals surface area contributed by atoms with Crippen LogP contribution in [0.3, 0.4) is 0 Å². The van der Waals surface area contributed by atoms with Crippen molar-refractivity contribution < 1.29 is 4.79 Å². The molecular weight excluding hydrogens is 244 g/mol. The summed E-state index contributed by atoms with van der Waals surface area (Å²) >= 11 is 0. The number of rotatable bonds is 3. The zero-order valence-corrected chi connectivity index (χ0v) is 10.3. The van der Waals surface area contributed by atoms with Crippen molar-refractivity contribution in [3.05, 3.63) is 41.9 Å². The van der Waals surface area contributed by atoms with Gasteiger partial charge in [0.2, 0.25) is 0 Å². The van der Waals surface area contributed by atoms with Gasteiger partial charge in [-0.3, -0.25) is 4.79 Å². The second kappa shape index (κ2) is 4.52. The fourth-order valence-corrected chi connectivity index (χ4v) is 2.03. The smallest absolute Gasteiger partial charge is 0.253 e. The molecule has 2 aromatic heterocycles. The average Bonchev–Trinajstić information content (AvgIpc) is 3.05. The molecule has 0 bridgehead atoms. The number of nitrogens with one attached hydrogen (secondary N) is 2. The van der Waals surface area contributed by atoms with Crippen LogP contribution in [-0.4, -0.2) is 31.1 Å². The molecule has 19 heavy (non-hydrogen) atoms. The quantitative estimate of drug-likeness (QED) is 0.719. The highest BCUT2D eigenvalue weighted by Crippen LogP contribution is 2.19. The summed E-state index contributed by atoms with van der Waals surface area (Å²) in [6, 6.07) is 7.77. The predicted molar refractivity (Wildman–Crippen MR) is 68.3 cm³/mol. The van der Waals surface area contributed by atoms with E-state index in [4.69, 9.17) is 0 Å². The van der Waals surface area contributed by atoms with E-state index < -0.39 is 0 Å². The van der Waals surface area contributed by atoms with E-state index in [2.05, 4.69) is 25.9 Å². The van der Waals surface area contributed by atoms with Crippen molar-refractivity contribution in [3.63, 3.8) is 0 Å². The van der Waals surface area contributed by atoms with Gasteiger partial charge in [0, 0.05) is 24.1 Å². The third kappa shape index (κ3) is 2.05. The van der Waals surface area contributed by atoms with Crippen molar-refractivity contribution in [3.8, 4) is 0 Å². The van der Waals surface area contributed by atoms with Crippen LogP contribution in [0.1, 0.15) is 16.2 Å². The van der Waals surface area contributed by atoms with Crippen molar-refractivity contribution in [2.45, 2.75) is 6.54 Å². The number of nitrogens with zero attached hydrogens (tertiary/aromatic N) is 4. The Morgan fingerprint density at radius 2 is 2.26 bits per heavy atom. The summed E-state index contributed by atoms with van der Waals surface area (Å²) in [5.41, 5.74) is 1.66. The van der Waals surface area contributed by atoms with Crippen LogP contribution in [0.2, 0.25) is 0 Å². The molecule has 0 saturated carbocycles. The maximum Gasteiger partial charge on any atom is 0.253 e. The van der Waals surface area contributed by atoms with Crippen LogP contribution in [0.5, 0.6) is 0 Å². The monoisotopic (exact) mass is 256 g/mol. The lowest BCUT2D eigenvalue weighted by atomic mass is 10.1. The van der Waals surface area contributed by atoms with Crippen molar-refractivity contribution in [1.82, 2.24) is 30.5 Å². The molecule has 0 aliphatic carbocycles. The molecule has 96 valence electrons. The SMILES string of the molecule is Cn1cc(C(=O)NCc2nn[nH]n2)c2ccccc21. The Bertz CT molecular complexity index is 715. The second-order valence-corrected chi connectivity index (χ2v) is 4.18. The molecule has 3 rings (SSSR count). The first kappa shape index (κ1) is 11.4. The molecule has 0 atom stereocenters. The number of H-pyrrole nitrogens is 1. The van der Waals surface area contributed by atoms with Crippen molar-refractivity contribution >= 4 is 16.8 Å². The molecule has 7 nitrogen and oxygen atoms in total. The number of carbonyl (C=O) groups is 1. The molecule has 1 aromatic carbocycles. The molecule has 0 saturated heterocycles. The number of amides is 1.